The van der Waals surface area contributed by atoms with Crippen molar-refractivity contribution in [3.8, 4) is 0 Å². The molecule has 4 heteroatoms. The van der Waals surface area contributed by atoms with Crippen LogP contribution < -0.4 is 4.90 Å². The van der Waals surface area contributed by atoms with E-state index in [4.69, 9.17) is 4.99 Å². The molecular formula is C22H21N3O. The molecule has 4 nitrogen and oxygen atoms in total. The van der Waals surface area contributed by atoms with Gasteiger partial charge >= 0.3 is 0 Å². The Kier molecular flexibility index (Phi) is 3.70. The maximum Gasteiger partial charge on any atom is 0.204 e. The van der Waals surface area contributed by atoms with Crippen molar-refractivity contribution in [1.29, 1.82) is 0 Å². The Morgan fingerprint density at radius 3 is 2.50 bits per heavy atom. The molecule has 2 aliphatic heterocycles. The van der Waals surface area contributed by atoms with Crippen molar-refractivity contribution in [2.45, 2.75) is 44.2 Å². The second-order valence-corrected chi connectivity index (χ2v) is 7.33. The Bertz CT molecular complexity index is 897. The molecule has 0 saturated carbocycles. The van der Waals surface area contributed by atoms with Gasteiger partial charge in [-0.25, -0.2) is 4.99 Å². The van der Waals surface area contributed by atoms with Gasteiger partial charge in [-0.2, -0.15) is 0 Å². The van der Waals surface area contributed by atoms with Gasteiger partial charge in [0.1, 0.15) is 5.69 Å². The topological polar surface area (TPSA) is 45.6 Å². The minimum atomic E-state index is -0.0597. The molecule has 130 valence electrons. The van der Waals surface area contributed by atoms with E-state index in [2.05, 4.69) is 34.1 Å². The highest BCUT2D eigenvalue weighted by Crippen LogP contribution is 2.39. The molecule has 2 saturated heterocycles. The van der Waals surface area contributed by atoms with Crippen LogP contribution in [-0.2, 0) is 0 Å². The van der Waals surface area contributed by atoms with E-state index >= 15 is 0 Å². The van der Waals surface area contributed by atoms with Gasteiger partial charge in [0.2, 0.25) is 5.78 Å². The third kappa shape index (κ3) is 2.57. The zero-order valence-electron chi connectivity index (χ0n) is 14.6. The first-order chi connectivity index (χ1) is 12.8. The number of piperidine rings is 1. The molecule has 3 heterocycles. The maximum absolute atomic E-state index is 12.0. The number of aromatic nitrogens is 1. The number of fused-ring (bicyclic) bond motifs is 3. The third-order valence-corrected chi connectivity index (χ3v) is 5.80. The highest BCUT2D eigenvalue weighted by molar-refractivity contribution is 6.23. The summed E-state index contributed by atoms with van der Waals surface area (Å²) in [5, 5.41) is 0. The Hall–Kier alpha value is -2.75. The summed E-state index contributed by atoms with van der Waals surface area (Å²) in [6, 6.07) is 13.7. The number of nitrogens with zero attached hydrogens (tertiary/aromatic N) is 3. The van der Waals surface area contributed by atoms with Gasteiger partial charge in [0, 0.05) is 29.5 Å². The Morgan fingerprint density at radius 2 is 1.73 bits per heavy atom. The molecule has 2 unspecified atom stereocenters. The highest BCUT2D eigenvalue weighted by atomic mass is 16.1. The van der Waals surface area contributed by atoms with Gasteiger partial charge in [-0.15, -0.1) is 0 Å². The number of hydrogen-bond acceptors (Lipinski definition) is 4. The molecular weight excluding hydrogens is 322 g/mol. The number of hydrogen-bond donors (Lipinski definition) is 0. The summed E-state index contributed by atoms with van der Waals surface area (Å²) >= 11 is 0. The van der Waals surface area contributed by atoms with Crippen molar-refractivity contribution < 1.29 is 4.79 Å². The molecule has 0 radical (unpaired) electrons. The molecule has 2 fully saturated rings. The van der Waals surface area contributed by atoms with E-state index < -0.39 is 0 Å². The second kappa shape index (κ2) is 6.20. The first-order valence-electron chi connectivity index (χ1n) is 9.44. The van der Waals surface area contributed by atoms with Gasteiger partial charge in [0.25, 0.3) is 0 Å². The largest absolute Gasteiger partial charge is 0.366 e. The van der Waals surface area contributed by atoms with Crippen LogP contribution in [0.4, 0.5) is 11.4 Å². The van der Waals surface area contributed by atoms with E-state index in [1.165, 1.54) is 37.8 Å². The third-order valence-electron chi connectivity index (χ3n) is 5.80. The molecule has 2 bridgehead atoms. The standard InChI is InChI=1S/C22H21N3O/c26-21-13-12-20(19-5-2-14-23-22(19)21)24-15-6-8-18(9-7-15)25-16-3-1-4-17(25)11-10-16/h2,5-9,12-14,16-17H,1,3-4,10-11H2. The lowest BCUT2D eigenvalue weighted by Gasteiger charge is -2.36. The summed E-state index contributed by atoms with van der Waals surface area (Å²) in [6.45, 7) is 0. The maximum atomic E-state index is 12.0. The van der Waals surface area contributed by atoms with Gasteiger partial charge < -0.3 is 4.90 Å². The summed E-state index contributed by atoms with van der Waals surface area (Å²) in [6.07, 6.45) is 11.7. The quantitative estimate of drug-likeness (QED) is 0.808. The van der Waals surface area contributed by atoms with Crippen molar-refractivity contribution in [2.75, 3.05) is 4.90 Å². The summed E-state index contributed by atoms with van der Waals surface area (Å²) in [5.74, 6) is -0.0597. The van der Waals surface area contributed by atoms with Crippen molar-refractivity contribution in [3.05, 3.63) is 66.0 Å². The van der Waals surface area contributed by atoms with Crippen LogP contribution in [0.25, 0.3) is 0 Å². The molecule has 3 aliphatic rings. The van der Waals surface area contributed by atoms with Crippen LogP contribution in [0, 0.1) is 0 Å². The number of ketones is 1. The molecule has 26 heavy (non-hydrogen) atoms. The normalized spacial score (nSPS) is 25.6. The Morgan fingerprint density at radius 1 is 0.962 bits per heavy atom. The molecule has 0 N–H and O–H groups in total. The fraction of sp³-hybridized carbons (Fsp3) is 0.318. The number of aliphatic imine (C=N–C) groups is 1. The van der Waals surface area contributed by atoms with Gasteiger partial charge in [-0.05, 0) is 80.7 Å². The number of pyridine rings is 1. The molecule has 0 spiro atoms. The number of anilines is 1. The highest BCUT2D eigenvalue weighted by Gasteiger charge is 2.36. The molecule has 0 amide bonds. The van der Waals surface area contributed by atoms with Crippen LogP contribution in [0.1, 0.15) is 48.2 Å². The van der Waals surface area contributed by atoms with Crippen molar-refractivity contribution in [1.82, 2.24) is 4.98 Å². The van der Waals surface area contributed by atoms with Crippen LogP contribution in [0.5, 0.6) is 0 Å². The minimum absolute atomic E-state index is 0.0597. The molecule has 2 aromatic rings. The van der Waals surface area contributed by atoms with Crippen molar-refractivity contribution in [3.63, 3.8) is 0 Å². The zero-order valence-corrected chi connectivity index (χ0v) is 14.6. The first-order valence-corrected chi connectivity index (χ1v) is 9.44. The van der Waals surface area contributed by atoms with Crippen molar-refractivity contribution in [2.24, 2.45) is 4.99 Å². The SMILES string of the molecule is O=C1C=CC(=Nc2ccc(N3C4CCCC3CC4)cc2)c2cccnc21. The Balaban J connectivity index is 1.44. The minimum Gasteiger partial charge on any atom is -0.366 e. The number of carbonyl (C=O) groups is 1. The zero-order chi connectivity index (χ0) is 17.5. The van der Waals surface area contributed by atoms with Gasteiger partial charge in [0.05, 0.1) is 11.4 Å². The van der Waals surface area contributed by atoms with Gasteiger partial charge in [-0.1, -0.05) is 0 Å². The number of carbonyl (C=O) groups excluding carboxylic acids is 1. The lowest BCUT2D eigenvalue weighted by atomic mass is 9.99. The predicted molar refractivity (Wildman–Crippen MR) is 103 cm³/mol. The Labute approximate surface area is 153 Å². The van der Waals surface area contributed by atoms with Crippen LogP contribution >= 0.6 is 0 Å². The van der Waals surface area contributed by atoms with Gasteiger partial charge in [0.15, 0.2) is 0 Å². The first kappa shape index (κ1) is 15.5. The summed E-state index contributed by atoms with van der Waals surface area (Å²) in [7, 11) is 0. The fourth-order valence-corrected chi connectivity index (χ4v) is 4.61. The molecule has 2 atom stereocenters. The average molecular weight is 343 g/mol. The van der Waals surface area contributed by atoms with Crippen LogP contribution in [0.3, 0.4) is 0 Å². The summed E-state index contributed by atoms with van der Waals surface area (Å²) in [4.78, 5) is 23.5. The smallest absolute Gasteiger partial charge is 0.204 e. The fourth-order valence-electron chi connectivity index (χ4n) is 4.61. The molecule has 1 aromatic heterocycles. The summed E-state index contributed by atoms with van der Waals surface area (Å²) < 4.78 is 0. The molecule has 1 aliphatic carbocycles. The van der Waals surface area contributed by atoms with E-state index in [-0.39, 0.29) is 5.78 Å². The summed E-state index contributed by atoms with van der Waals surface area (Å²) in [5.41, 5.74) is 4.30. The van der Waals surface area contributed by atoms with Crippen LogP contribution in [0.2, 0.25) is 0 Å². The number of rotatable bonds is 2. The van der Waals surface area contributed by atoms with Crippen LogP contribution in [0.15, 0.2) is 59.7 Å². The van der Waals surface area contributed by atoms with E-state index in [9.17, 15) is 4.79 Å². The average Bonchev–Trinajstić information content (AvgIpc) is 2.93. The number of benzene rings is 1. The van der Waals surface area contributed by atoms with E-state index in [1.54, 1.807) is 18.3 Å². The van der Waals surface area contributed by atoms with Crippen molar-refractivity contribution >= 4 is 22.9 Å². The lowest BCUT2D eigenvalue weighted by molar-refractivity contribution is 0.104. The van der Waals surface area contributed by atoms with Gasteiger partial charge in [-0.3, -0.25) is 9.78 Å². The monoisotopic (exact) mass is 343 g/mol. The van der Waals surface area contributed by atoms with E-state index in [1.807, 2.05) is 12.1 Å². The second-order valence-electron chi connectivity index (χ2n) is 7.33. The number of allylic oxidation sites excluding steroid dienone is 2. The van der Waals surface area contributed by atoms with E-state index in [0.29, 0.717) is 5.69 Å². The lowest BCUT2D eigenvalue weighted by Crippen LogP contribution is -2.39. The molecule has 5 rings (SSSR count). The molecule has 1 aromatic carbocycles. The predicted octanol–water partition coefficient (Wildman–Crippen LogP) is 4.48. The van der Waals surface area contributed by atoms with E-state index in [0.717, 1.165) is 29.0 Å². The van der Waals surface area contributed by atoms with Crippen LogP contribution in [-0.4, -0.2) is 28.6 Å².